The fourth-order valence-electron chi connectivity index (χ4n) is 3.00. The van der Waals surface area contributed by atoms with Gasteiger partial charge in [-0.15, -0.1) is 11.3 Å². The van der Waals surface area contributed by atoms with Crippen LogP contribution in [0.3, 0.4) is 0 Å². The zero-order valence-corrected chi connectivity index (χ0v) is 11.9. The number of nitrogen functional groups attached to an aromatic ring is 1. The van der Waals surface area contributed by atoms with Crippen LogP contribution >= 0.6 is 11.3 Å². The van der Waals surface area contributed by atoms with E-state index in [0.29, 0.717) is 10.6 Å². The van der Waals surface area contributed by atoms with Crippen molar-refractivity contribution in [2.24, 2.45) is 5.92 Å². The van der Waals surface area contributed by atoms with Crippen molar-refractivity contribution in [3.8, 4) is 6.07 Å². The molecule has 2 aromatic heterocycles. The van der Waals surface area contributed by atoms with Crippen LogP contribution in [0, 0.1) is 17.2 Å². The molecule has 19 heavy (non-hydrogen) atoms. The van der Waals surface area contributed by atoms with Gasteiger partial charge in [-0.2, -0.15) is 5.26 Å². The molecule has 2 aromatic rings. The zero-order chi connectivity index (χ0) is 13.4. The third-order valence-corrected chi connectivity index (χ3v) is 5.01. The quantitative estimate of drug-likeness (QED) is 0.906. The Hall–Kier alpha value is -1.60. The molecule has 4 heteroatoms. The van der Waals surface area contributed by atoms with Gasteiger partial charge in [0.25, 0.3) is 0 Å². The van der Waals surface area contributed by atoms with E-state index in [0.717, 1.165) is 29.0 Å². The number of nitrogens with zero attached hydrogens (tertiary/aromatic N) is 2. The van der Waals surface area contributed by atoms with Crippen molar-refractivity contribution in [1.82, 2.24) is 4.98 Å². The number of hydrogen-bond acceptors (Lipinski definition) is 4. The highest BCUT2D eigenvalue weighted by Crippen LogP contribution is 2.36. The molecule has 1 unspecified atom stereocenters. The Kier molecular flexibility index (Phi) is 3.16. The molecule has 2 heterocycles. The Balaban J connectivity index is 2.06. The summed E-state index contributed by atoms with van der Waals surface area (Å²) in [4.78, 5) is 6.24. The van der Waals surface area contributed by atoms with E-state index >= 15 is 0 Å². The molecule has 0 aliphatic heterocycles. The van der Waals surface area contributed by atoms with Crippen molar-refractivity contribution in [3.05, 3.63) is 22.2 Å². The lowest BCUT2D eigenvalue weighted by Crippen LogP contribution is -2.15. The van der Waals surface area contributed by atoms with Crippen LogP contribution < -0.4 is 5.73 Å². The summed E-state index contributed by atoms with van der Waals surface area (Å²) < 4.78 is 0. The number of pyridine rings is 1. The fraction of sp³-hybridized carbons (Fsp3) is 0.467. The first-order chi connectivity index (χ1) is 9.22. The smallest absolute Gasteiger partial charge is 0.130 e. The zero-order valence-electron chi connectivity index (χ0n) is 11.1. The molecular weight excluding hydrogens is 254 g/mol. The summed E-state index contributed by atoms with van der Waals surface area (Å²) in [6.45, 7) is 2.24. The first-order valence-electron chi connectivity index (χ1n) is 6.83. The van der Waals surface area contributed by atoms with Gasteiger partial charge in [0.1, 0.15) is 15.8 Å². The highest BCUT2D eigenvalue weighted by atomic mass is 32.1. The second-order valence-electron chi connectivity index (χ2n) is 5.30. The van der Waals surface area contributed by atoms with Crippen LogP contribution in [0.15, 0.2) is 6.07 Å². The second-order valence-corrected chi connectivity index (χ2v) is 6.30. The van der Waals surface area contributed by atoms with Gasteiger partial charge >= 0.3 is 0 Å². The molecule has 2 N–H and O–H groups in total. The number of anilines is 1. The van der Waals surface area contributed by atoms with Crippen LogP contribution in [0.2, 0.25) is 0 Å². The summed E-state index contributed by atoms with van der Waals surface area (Å²) in [5.41, 5.74) is 9.18. The summed E-state index contributed by atoms with van der Waals surface area (Å²) >= 11 is 1.41. The van der Waals surface area contributed by atoms with Gasteiger partial charge in [0, 0.05) is 11.1 Å². The van der Waals surface area contributed by atoms with Crippen molar-refractivity contribution in [3.63, 3.8) is 0 Å². The van der Waals surface area contributed by atoms with Gasteiger partial charge in [0.15, 0.2) is 0 Å². The Labute approximate surface area is 117 Å². The molecule has 1 aliphatic rings. The van der Waals surface area contributed by atoms with Crippen LogP contribution in [0.5, 0.6) is 0 Å². The van der Waals surface area contributed by atoms with Crippen molar-refractivity contribution in [2.45, 2.75) is 39.0 Å². The first kappa shape index (κ1) is 12.4. The number of hydrogen-bond donors (Lipinski definition) is 1. The number of nitriles is 1. The summed E-state index contributed by atoms with van der Waals surface area (Å²) in [6, 6.07) is 4.33. The van der Waals surface area contributed by atoms with Crippen LogP contribution in [0.25, 0.3) is 10.2 Å². The predicted octanol–water partition coefficient (Wildman–Crippen LogP) is 3.66. The van der Waals surface area contributed by atoms with Crippen molar-refractivity contribution >= 4 is 27.2 Å². The van der Waals surface area contributed by atoms with Crippen molar-refractivity contribution < 1.29 is 0 Å². The molecule has 1 atom stereocenters. The summed E-state index contributed by atoms with van der Waals surface area (Å²) in [5.74, 6) is 0.784. The third kappa shape index (κ3) is 2.08. The monoisotopic (exact) mass is 271 g/mol. The van der Waals surface area contributed by atoms with E-state index in [-0.39, 0.29) is 0 Å². The fourth-order valence-corrected chi connectivity index (χ4v) is 3.90. The topological polar surface area (TPSA) is 62.7 Å². The minimum absolute atomic E-state index is 0.593. The van der Waals surface area contributed by atoms with Crippen LogP contribution in [0.1, 0.15) is 42.3 Å². The SMILES string of the molecule is CCCC1CCc2nc3sc(C#N)c(N)c3cc2C1. The molecule has 0 saturated carbocycles. The Morgan fingerprint density at radius 1 is 1.58 bits per heavy atom. The van der Waals surface area contributed by atoms with E-state index in [1.165, 1.54) is 41.9 Å². The molecule has 0 spiro atoms. The predicted molar refractivity (Wildman–Crippen MR) is 79.2 cm³/mol. The third-order valence-electron chi connectivity index (χ3n) is 3.99. The summed E-state index contributed by atoms with van der Waals surface area (Å²) in [7, 11) is 0. The van der Waals surface area contributed by atoms with E-state index in [2.05, 4.69) is 19.1 Å². The molecule has 98 valence electrons. The maximum atomic E-state index is 9.05. The largest absolute Gasteiger partial charge is 0.396 e. The number of aryl methyl sites for hydroxylation is 1. The van der Waals surface area contributed by atoms with E-state index in [1.54, 1.807) is 0 Å². The van der Waals surface area contributed by atoms with Gasteiger partial charge in [0.05, 0.1) is 5.69 Å². The van der Waals surface area contributed by atoms with E-state index in [1.807, 2.05) is 0 Å². The lowest BCUT2D eigenvalue weighted by Gasteiger charge is -2.23. The highest BCUT2D eigenvalue weighted by molar-refractivity contribution is 7.19. The highest BCUT2D eigenvalue weighted by Gasteiger charge is 2.21. The number of fused-ring (bicyclic) bond motifs is 2. The van der Waals surface area contributed by atoms with Gasteiger partial charge in [-0.25, -0.2) is 4.98 Å². The molecule has 1 aliphatic carbocycles. The normalized spacial score (nSPS) is 18.2. The van der Waals surface area contributed by atoms with E-state index in [9.17, 15) is 0 Å². The summed E-state index contributed by atoms with van der Waals surface area (Å²) in [6.07, 6.45) is 5.96. The van der Waals surface area contributed by atoms with Gasteiger partial charge in [-0.05, 0) is 36.8 Å². The average molecular weight is 271 g/mol. The molecule has 0 saturated heterocycles. The van der Waals surface area contributed by atoms with Gasteiger partial charge < -0.3 is 5.73 Å². The van der Waals surface area contributed by atoms with Gasteiger partial charge in [-0.3, -0.25) is 0 Å². The number of rotatable bonds is 2. The molecule has 0 aromatic carbocycles. The van der Waals surface area contributed by atoms with Crippen LogP contribution in [0.4, 0.5) is 5.69 Å². The van der Waals surface area contributed by atoms with Gasteiger partial charge in [0.2, 0.25) is 0 Å². The maximum Gasteiger partial charge on any atom is 0.130 e. The molecule has 0 amide bonds. The van der Waals surface area contributed by atoms with Gasteiger partial charge in [-0.1, -0.05) is 19.8 Å². The standard InChI is InChI=1S/C15H17N3S/c1-2-3-9-4-5-12-10(6-9)7-11-14(17)13(8-16)19-15(11)18-12/h7,9H,2-6,17H2,1H3. The molecule has 0 fully saturated rings. The minimum Gasteiger partial charge on any atom is -0.396 e. The Bertz CT molecular complexity index is 666. The lowest BCUT2D eigenvalue weighted by atomic mass is 9.84. The maximum absolute atomic E-state index is 9.05. The molecule has 0 radical (unpaired) electrons. The second kappa shape index (κ2) is 4.82. The van der Waals surface area contributed by atoms with Crippen molar-refractivity contribution in [2.75, 3.05) is 5.73 Å². The number of aromatic nitrogens is 1. The van der Waals surface area contributed by atoms with E-state index < -0.39 is 0 Å². The van der Waals surface area contributed by atoms with E-state index in [4.69, 9.17) is 16.0 Å². The molecule has 3 nitrogen and oxygen atoms in total. The lowest BCUT2D eigenvalue weighted by molar-refractivity contribution is 0.419. The number of thiophene rings is 1. The first-order valence-corrected chi connectivity index (χ1v) is 7.65. The average Bonchev–Trinajstić information content (AvgIpc) is 2.73. The van der Waals surface area contributed by atoms with Crippen LogP contribution in [-0.4, -0.2) is 4.98 Å². The number of nitrogens with two attached hydrogens (primary N) is 1. The Morgan fingerprint density at radius 3 is 3.16 bits per heavy atom. The van der Waals surface area contributed by atoms with Crippen molar-refractivity contribution in [1.29, 1.82) is 5.26 Å². The summed E-state index contributed by atoms with van der Waals surface area (Å²) in [5, 5.41) is 10.0. The van der Waals surface area contributed by atoms with Crippen LogP contribution in [-0.2, 0) is 12.8 Å². The molecular formula is C15H17N3S. The Morgan fingerprint density at radius 2 is 2.42 bits per heavy atom. The molecule has 3 rings (SSSR count). The molecule has 0 bridgehead atoms. The minimum atomic E-state index is 0.593.